The number of benzene rings is 1. The van der Waals surface area contributed by atoms with Gasteiger partial charge in [-0.25, -0.2) is 13.8 Å². The van der Waals surface area contributed by atoms with E-state index in [9.17, 15) is 8.78 Å². The van der Waals surface area contributed by atoms with Crippen LogP contribution in [0.1, 0.15) is 39.9 Å². The van der Waals surface area contributed by atoms with Crippen LogP contribution in [0.25, 0.3) is 0 Å². The summed E-state index contributed by atoms with van der Waals surface area (Å²) in [5, 5.41) is 4.06. The van der Waals surface area contributed by atoms with Crippen molar-refractivity contribution < 1.29 is 8.78 Å². The predicted molar refractivity (Wildman–Crippen MR) is 76.0 cm³/mol. The van der Waals surface area contributed by atoms with E-state index in [0.717, 1.165) is 17.6 Å². The maximum Gasteiger partial charge on any atom is 0.129 e. The summed E-state index contributed by atoms with van der Waals surface area (Å²) in [4.78, 5) is 5.91. The number of nitrogens with one attached hydrogen (secondary N) is 1. The fourth-order valence-corrected chi connectivity index (χ4v) is 3.47. The summed E-state index contributed by atoms with van der Waals surface area (Å²) >= 11 is 1.63. The molecule has 0 amide bonds. The third-order valence-corrected chi connectivity index (χ3v) is 4.50. The Labute approximate surface area is 120 Å². The molecule has 0 radical (unpaired) electrons. The Kier molecular flexibility index (Phi) is 3.81. The van der Waals surface area contributed by atoms with Crippen LogP contribution in [0.5, 0.6) is 0 Å². The molecule has 3 rings (SSSR count). The van der Waals surface area contributed by atoms with Crippen molar-refractivity contribution in [1.29, 1.82) is 0 Å². The Bertz CT molecular complexity index is 620. The first kappa shape index (κ1) is 13.6. The Morgan fingerprint density at radius 2 is 2.15 bits per heavy atom. The fourth-order valence-electron chi connectivity index (χ4n) is 2.28. The van der Waals surface area contributed by atoms with Crippen molar-refractivity contribution in [2.45, 2.75) is 31.7 Å². The predicted octanol–water partition coefficient (Wildman–Crippen LogP) is 3.61. The third kappa shape index (κ3) is 2.88. The van der Waals surface area contributed by atoms with Crippen LogP contribution >= 0.6 is 11.3 Å². The molecule has 0 bridgehead atoms. The minimum atomic E-state index is -0.542. The second-order valence-electron chi connectivity index (χ2n) is 5.13. The number of hydrogen-bond donors (Lipinski definition) is 1. The number of nitrogens with zero attached hydrogens (tertiary/aromatic N) is 1. The smallest absolute Gasteiger partial charge is 0.129 e. The van der Waals surface area contributed by atoms with Crippen LogP contribution in [0, 0.1) is 11.6 Å². The lowest BCUT2D eigenvalue weighted by atomic mass is 10.1. The molecular weight excluding hydrogens is 278 g/mol. The van der Waals surface area contributed by atoms with Crippen molar-refractivity contribution in [2.75, 3.05) is 7.05 Å². The normalized spacial score (nSPS) is 14.8. The maximum atomic E-state index is 13.7. The molecule has 0 saturated heterocycles. The van der Waals surface area contributed by atoms with Gasteiger partial charge in [-0.15, -0.1) is 11.3 Å². The highest BCUT2D eigenvalue weighted by molar-refractivity contribution is 7.11. The van der Waals surface area contributed by atoms with Gasteiger partial charge in [0, 0.05) is 29.8 Å². The van der Waals surface area contributed by atoms with Crippen LogP contribution in [0.4, 0.5) is 8.78 Å². The fraction of sp³-hybridized carbons (Fsp3) is 0.400. The molecular formula is C15H16F2N2S. The van der Waals surface area contributed by atoms with E-state index in [1.54, 1.807) is 11.3 Å². The largest absolute Gasteiger partial charge is 0.315 e. The first-order valence-electron chi connectivity index (χ1n) is 6.74. The van der Waals surface area contributed by atoms with Gasteiger partial charge in [-0.1, -0.05) is 6.07 Å². The summed E-state index contributed by atoms with van der Waals surface area (Å²) in [5.74, 6) is -0.454. The topological polar surface area (TPSA) is 24.9 Å². The van der Waals surface area contributed by atoms with Crippen molar-refractivity contribution in [3.63, 3.8) is 0 Å². The molecule has 0 atom stereocenters. The van der Waals surface area contributed by atoms with Crippen LogP contribution < -0.4 is 5.32 Å². The molecule has 1 aliphatic carbocycles. The van der Waals surface area contributed by atoms with Crippen LogP contribution in [-0.2, 0) is 13.0 Å². The lowest BCUT2D eigenvalue weighted by Gasteiger charge is -2.00. The minimum absolute atomic E-state index is 0.431. The summed E-state index contributed by atoms with van der Waals surface area (Å²) in [6.45, 7) is 0.801. The monoisotopic (exact) mass is 294 g/mol. The van der Waals surface area contributed by atoms with Gasteiger partial charge in [0.25, 0.3) is 0 Å². The van der Waals surface area contributed by atoms with E-state index in [4.69, 9.17) is 0 Å². The van der Waals surface area contributed by atoms with Crippen molar-refractivity contribution in [3.05, 3.63) is 51.0 Å². The lowest BCUT2D eigenvalue weighted by molar-refractivity contribution is 0.574. The van der Waals surface area contributed by atoms with Gasteiger partial charge in [-0.05, 0) is 31.5 Å². The third-order valence-electron chi connectivity index (χ3n) is 3.43. The van der Waals surface area contributed by atoms with Crippen molar-refractivity contribution in [1.82, 2.24) is 10.3 Å². The molecule has 106 valence electrons. The second kappa shape index (κ2) is 5.58. The quantitative estimate of drug-likeness (QED) is 0.911. The van der Waals surface area contributed by atoms with E-state index in [-0.39, 0.29) is 0 Å². The molecule has 1 heterocycles. The molecule has 1 aromatic heterocycles. The lowest BCUT2D eigenvalue weighted by Crippen LogP contribution is -2.05. The van der Waals surface area contributed by atoms with Crippen LogP contribution in [0.3, 0.4) is 0 Å². The van der Waals surface area contributed by atoms with Gasteiger partial charge in [-0.3, -0.25) is 0 Å². The van der Waals surface area contributed by atoms with Gasteiger partial charge in [0.2, 0.25) is 0 Å². The minimum Gasteiger partial charge on any atom is -0.315 e. The molecule has 0 spiro atoms. The molecule has 1 aliphatic rings. The Morgan fingerprint density at radius 3 is 2.80 bits per heavy atom. The molecule has 1 fully saturated rings. The number of rotatable bonds is 5. The van der Waals surface area contributed by atoms with Gasteiger partial charge < -0.3 is 5.32 Å². The first-order valence-corrected chi connectivity index (χ1v) is 7.56. The van der Waals surface area contributed by atoms with E-state index in [2.05, 4.69) is 10.3 Å². The average Bonchev–Trinajstić information content (AvgIpc) is 3.17. The van der Waals surface area contributed by atoms with Crippen LogP contribution in [0.2, 0.25) is 0 Å². The Hall–Kier alpha value is -1.33. The maximum absolute atomic E-state index is 13.7. The summed E-state index contributed by atoms with van der Waals surface area (Å²) in [6.07, 6.45) is 2.83. The number of aromatic nitrogens is 1. The molecule has 2 nitrogen and oxygen atoms in total. The van der Waals surface area contributed by atoms with E-state index >= 15 is 0 Å². The average molecular weight is 294 g/mol. The Balaban J connectivity index is 1.84. The van der Waals surface area contributed by atoms with E-state index in [0.29, 0.717) is 17.9 Å². The second-order valence-corrected chi connectivity index (χ2v) is 6.30. The number of halogens is 2. The molecule has 1 aromatic carbocycles. The molecule has 5 heteroatoms. The molecule has 20 heavy (non-hydrogen) atoms. The zero-order chi connectivity index (χ0) is 14.1. The van der Waals surface area contributed by atoms with Gasteiger partial charge in [0.05, 0.1) is 10.7 Å². The molecule has 1 saturated carbocycles. The van der Waals surface area contributed by atoms with Gasteiger partial charge in [-0.2, -0.15) is 0 Å². The van der Waals surface area contributed by atoms with Crippen molar-refractivity contribution in [2.24, 2.45) is 0 Å². The SMILES string of the molecule is CNCc1sc(Cc2ccc(F)cc2F)nc1C1CC1. The molecule has 0 aliphatic heterocycles. The number of thiazole rings is 1. The zero-order valence-corrected chi connectivity index (χ0v) is 12.1. The summed E-state index contributed by atoms with van der Waals surface area (Å²) < 4.78 is 26.6. The van der Waals surface area contributed by atoms with E-state index < -0.39 is 11.6 Å². The molecule has 1 N–H and O–H groups in total. The first-order chi connectivity index (χ1) is 9.67. The highest BCUT2D eigenvalue weighted by atomic mass is 32.1. The summed E-state index contributed by atoms with van der Waals surface area (Å²) in [7, 11) is 1.91. The standard InChI is InChI=1S/C15H16F2N2S/c1-18-8-13-15(9-2-3-9)19-14(20-13)6-10-4-5-11(16)7-12(10)17/h4-5,7,9,18H,2-3,6,8H2,1H3. The van der Waals surface area contributed by atoms with Crippen molar-refractivity contribution in [3.8, 4) is 0 Å². The molecule has 2 aromatic rings. The highest BCUT2D eigenvalue weighted by Gasteiger charge is 2.29. The van der Waals surface area contributed by atoms with Crippen LogP contribution in [-0.4, -0.2) is 12.0 Å². The van der Waals surface area contributed by atoms with Crippen molar-refractivity contribution >= 4 is 11.3 Å². The summed E-state index contributed by atoms with van der Waals surface area (Å²) in [5.41, 5.74) is 1.67. The van der Waals surface area contributed by atoms with Gasteiger partial charge in [0.1, 0.15) is 11.6 Å². The zero-order valence-electron chi connectivity index (χ0n) is 11.2. The van der Waals surface area contributed by atoms with E-state index in [1.165, 1.54) is 35.5 Å². The Morgan fingerprint density at radius 1 is 1.35 bits per heavy atom. The van der Waals surface area contributed by atoms with Gasteiger partial charge in [0.15, 0.2) is 0 Å². The summed E-state index contributed by atoms with van der Waals surface area (Å²) in [6, 6.07) is 3.72. The number of hydrogen-bond acceptors (Lipinski definition) is 3. The van der Waals surface area contributed by atoms with Gasteiger partial charge >= 0.3 is 0 Å². The van der Waals surface area contributed by atoms with E-state index in [1.807, 2.05) is 7.05 Å². The molecule has 0 unspecified atom stereocenters. The van der Waals surface area contributed by atoms with Crippen LogP contribution in [0.15, 0.2) is 18.2 Å². The highest BCUT2D eigenvalue weighted by Crippen LogP contribution is 2.42.